The monoisotopic (exact) mass is 253 g/mol. The van der Waals surface area contributed by atoms with E-state index in [1.54, 1.807) is 0 Å². The third kappa shape index (κ3) is 3.22. The molecule has 1 saturated carbocycles. The minimum absolute atomic E-state index is 0.0233. The van der Waals surface area contributed by atoms with E-state index in [2.05, 4.69) is 16.0 Å². The normalized spacial score (nSPS) is 31.4. The smallest absolute Gasteiger partial charge is 0.237 e. The van der Waals surface area contributed by atoms with E-state index < -0.39 is 0 Å². The first-order valence-electron chi connectivity index (χ1n) is 7.04. The molecule has 1 saturated heterocycles. The van der Waals surface area contributed by atoms with E-state index in [0.717, 1.165) is 19.3 Å². The molecule has 0 radical (unpaired) electrons. The third-order valence-corrected chi connectivity index (χ3v) is 3.79. The lowest BCUT2D eigenvalue weighted by molar-refractivity contribution is -0.131. The van der Waals surface area contributed by atoms with Crippen LogP contribution in [-0.4, -0.2) is 36.5 Å². The summed E-state index contributed by atoms with van der Waals surface area (Å²) in [6, 6.07) is 0.253. The number of fused-ring (bicyclic) bond motifs is 1. The highest BCUT2D eigenvalue weighted by atomic mass is 16.2. The molecule has 5 nitrogen and oxygen atoms in total. The van der Waals surface area contributed by atoms with Crippen molar-refractivity contribution in [3.8, 4) is 0 Å². The van der Waals surface area contributed by atoms with E-state index in [1.165, 1.54) is 12.8 Å². The number of carbonyl (C=O) groups is 2. The molecule has 0 bridgehead atoms. The molecule has 1 aliphatic carbocycles. The predicted octanol–water partition coefficient (Wildman–Crippen LogP) is 0.302. The Hall–Kier alpha value is -1.10. The molecular weight excluding hydrogens is 230 g/mol. The molecule has 0 aromatic rings. The molecule has 3 atom stereocenters. The molecule has 2 amide bonds. The quantitative estimate of drug-likeness (QED) is 0.675. The van der Waals surface area contributed by atoms with Crippen LogP contribution in [0.3, 0.4) is 0 Å². The first-order chi connectivity index (χ1) is 8.70. The van der Waals surface area contributed by atoms with Crippen molar-refractivity contribution in [1.29, 1.82) is 0 Å². The maximum absolute atomic E-state index is 11.9. The topological polar surface area (TPSA) is 70.2 Å². The van der Waals surface area contributed by atoms with Crippen molar-refractivity contribution in [3.05, 3.63) is 0 Å². The van der Waals surface area contributed by atoms with Crippen LogP contribution >= 0.6 is 0 Å². The van der Waals surface area contributed by atoms with Crippen molar-refractivity contribution in [3.63, 3.8) is 0 Å². The van der Waals surface area contributed by atoms with Gasteiger partial charge in [-0.1, -0.05) is 19.8 Å². The Morgan fingerprint density at radius 3 is 2.78 bits per heavy atom. The Bertz CT molecular complexity index is 319. The molecule has 18 heavy (non-hydrogen) atoms. The molecule has 1 heterocycles. The van der Waals surface area contributed by atoms with E-state index in [9.17, 15) is 9.59 Å². The zero-order valence-electron chi connectivity index (χ0n) is 11.0. The summed E-state index contributed by atoms with van der Waals surface area (Å²) >= 11 is 0. The summed E-state index contributed by atoms with van der Waals surface area (Å²) in [5, 5.41) is 9.20. The van der Waals surface area contributed by atoms with Crippen molar-refractivity contribution in [2.45, 2.75) is 63.6 Å². The van der Waals surface area contributed by atoms with Crippen molar-refractivity contribution < 1.29 is 9.59 Å². The van der Waals surface area contributed by atoms with E-state index in [4.69, 9.17) is 0 Å². The third-order valence-electron chi connectivity index (χ3n) is 3.79. The van der Waals surface area contributed by atoms with Crippen molar-refractivity contribution in [1.82, 2.24) is 16.0 Å². The summed E-state index contributed by atoms with van der Waals surface area (Å²) < 4.78 is 0. The van der Waals surface area contributed by atoms with E-state index in [-0.39, 0.29) is 30.3 Å². The highest BCUT2D eigenvalue weighted by Crippen LogP contribution is 2.22. The van der Waals surface area contributed by atoms with Gasteiger partial charge >= 0.3 is 0 Å². The van der Waals surface area contributed by atoms with Gasteiger partial charge in [-0.25, -0.2) is 0 Å². The largest absolute Gasteiger partial charge is 0.356 e. The summed E-state index contributed by atoms with van der Waals surface area (Å²) in [6.45, 7) is 2.69. The van der Waals surface area contributed by atoms with E-state index in [0.29, 0.717) is 12.6 Å². The lowest BCUT2D eigenvalue weighted by Gasteiger charge is -2.40. The van der Waals surface area contributed by atoms with Gasteiger partial charge in [0.1, 0.15) is 0 Å². The molecule has 2 aliphatic rings. The Morgan fingerprint density at radius 1 is 1.33 bits per heavy atom. The summed E-state index contributed by atoms with van der Waals surface area (Å²) in [7, 11) is 0. The number of rotatable bonds is 4. The lowest BCUT2D eigenvalue weighted by atomic mass is 9.87. The van der Waals surface area contributed by atoms with Gasteiger partial charge in [0.2, 0.25) is 11.8 Å². The second kappa shape index (κ2) is 6.18. The summed E-state index contributed by atoms with van der Waals surface area (Å²) in [6.07, 6.45) is 5.70. The van der Waals surface area contributed by atoms with Crippen molar-refractivity contribution >= 4 is 11.8 Å². The molecular formula is C13H23N3O2. The molecule has 2 fully saturated rings. The maximum Gasteiger partial charge on any atom is 0.237 e. The molecule has 5 heteroatoms. The molecule has 3 N–H and O–H groups in total. The standard InChI is InChI=1S/C13H23N3O2/c1-2-7-14-12(17)8-11-13(18)16-10-6-4-3-5-9(10)15-11/h9-11,15H,2-8H2,1H3,(H,14,17)(H,16,18)/t9-,10-,11+/m1/s1. The maximum atomic E-state index is 11.9. The van der Waals surface area contributed by atoms with Crippen LogP contribution in [0.25, 0.3) is 0 Å². The van der Waals surface area contributed by atoms with Crippen LogP contribution in [-0.2, 0) is 9.59 Å². The number of amides is 2. The van der Waals surface area contributed by atoms with Crippen LogP contribution in [0.4, 0.5) is 0 Å². The second-order valence-electron chi connectivity index (χ2n) is 5.28. The van der Waals surface area contributed by atoms with Crippen LogP contribution in [0.2, 0.25) is 0 Å². The van der Waals surface area contributed by atoms with Gasteiger partial charge in [0.05, 0.1) is 12.5 Å². The minimum atomic E-state index is -0.360. The highest BCUT2D eigenvalue weighted by Gasteiger charge is 2.36. The minimum Gasteiger partial charge on any atom is -0.356 e. The first-order valence-corrected chi connectivity index (χ1v) is 7.04. The zero-order valence-corrected chi connectivity index (χ0v) is 11.0. The van der Waals surface area contributed by atoms with Gasteiger partial charge in [-0.05, 0) is 19.3 Å². The molecule has 2 rings (SSSR count). The van der Waals surface area contributed by atoms with Gasteiger partial charge in [0.15, 0.2) is 0 Å². The summed E-state index contributed by atoms with van der Waals surface area (Å²) in [5.41, 5.74) is 0. The van der Waals surface area contributed by atoms with Crippen LogP contribution in [0, 0.1) is 0 Å². The fourth-order valence-corrected chi connectivity index (χ4v) is 2.79. The molecule has 0 aromatic heterocycles. The van der Waals surface area contributed by atoms with Gasteiger partial charge in [-0.3, -0.25) is 9.59 Å². The second-order valence-corrected chi connectivity index (χ2v) is 5.28. The fourth-order valence-electron chi connectivity index (χ4n) is 2.79. The van der Waals surface area contributed by atoms with Crippen LogP contribution < -0.4 is 16.0 Å². The van der Waals surface area contributed by atoms with Gasteiger partial charge < -0.3 is 16.0 Å². The van der Waals surface area contributed by atoms with Crippen molar-refractivity contribution in [2.24, 2.45) is 0 Å². The molecule has 102 valence electrons. The van der Waals surface area contributed by atoms with E-state index in [1.807, 2.05) is 6.92 Å². The number of hydrogen-bond donors (Lipinski definition) is 3. The molecule has 0 spiro atoms. The van der Waals surface area contributed by atoms with Crippen molar-refractivity contribution in [2.75, 3.05) is 6.54 Å². The average Bonchev–Trinajstić information content (AvgIpc) is 2.37. The fraction of sp³-hybridized carbons (Fsp3) is 0.846. The predicted molar refractivity (Wildman–Crippen MR) is 69.0 cm³/mol. The van der Waals surface area contributed by atoms with Gasteiger partial charge in [0.25, 0.3) is 0 Å². The Labute approximate surface area is 108 Å². The van der Waals surface area contributed by atoms with Crippen LogP contribution in [0.1, 0.15) is 45.4 Å². The first kappa shape index (κ1) is 13.3. The number of hydrogen-bond acceptors (Lipinski definition) is 3. The molecule has 0 aromatic carbocycles. The molecule has 0 unspecified atom stereocenters. The van der Waals surface area contributed by atoms with Gasteiger partial charge in [-0.2, -0.15) is 0 Å². The number of piperazine rings is 1. The SMILES string of the molecule is CCCNC(=O)C[C@@H]1N[C@@H]2CCCC[C@H]2NC1=O. The average molecular weight is 253 g/mol. The lowest BCUT2D eigenvalue weighted by Crippen LogP contribution is -2.65. The number of carbonyl (C=O) groups excluding carboxylic acids is 2. The summed E-state index contributed by atoms with van der Waals surface area (Å²) in [5.74, 6) is -0.0662. The Balaban J connectivity index is 1.85. The Morgan fingerprint density at radius 2 is 2.06 bits per heavy atom. The van der Waals surface area contributed by atoms with Crippen LogP contribution in [0.15, 0.2) is 0 Å². The van der Waals surface area contributed by atoms with Gasteiger partial charge in [-0.15, -0.1) is 0 Å². The van der Waals surface area contributed by atoms with Crippen LogP contribution in [0.5, 0.6) is 0 Å². The van der Waals surface area contributed by atoms with E-state index >= 15 is 0 Å². The summed E-state index contributed by atoms with van der Waals surface area (Å²) in [4.78, 5) is 23.5. The Kier molecular flexibility index (Phi) is 4.58. The molecule has 1 aliphatic heterocycles. The zero-order chi connectivity index (χ0) is 13.0. The highest BCUT2D eigenvalue weighted by molar-refractivity contribution is 5.89. The number of nitrogens with one attached hydrogen (secondary N) is 3. The van der Waals surface area contributed by atoms with Gasteiger partial charge in [0, 0.05) is 18.6 Å².